The van der Waals surface area contributed by atoms with Crippen molar-refractivity contribution in [3.63, 3.8) is 0 Å². The number of rotatable bonds is 8. The van der Waals surface area contributed by atoms with Crippen LogP contribution in [0, 0.1) is 0 Å². The van der Waals surface area contributed by atoms with Gasteiger partial charge < -0.3 is 24.9 Å². The molecule has 0 atom stereocenters. The van der Waals surface area contributed by atoms with E-state index in [-0.39, 0.29) is 12.5 Å². The Morgan fingerprint density at radius 1 is 1.06 bits per heavy atom. The maximum absolute atomic E-state index is 12.5. The number of hydrogen-bond donors (Lipinski definition) is 2. The number of imidazole rings is 1. The summed E-state index contributed by atoms with van der Waals surface area (Å²) in [5.41, 5.74) is 10.8. The van der Waals surface area contributed by atoms with Crippen LogP contribution in [-0.4, -0.2) is 28.5 Å². The molecule has 0 spiro atoms. The highest BCUT2D eigenvalue weighted by atomic mass is 16.5. The van der Waals surface area contributed by atoms with E-state index < -0.39 is 0 Å². The Balaban J connectivity index is 1.51. The molecule has 32 heavy (non-hydrogen) atoms. The van der Waals surface area contributed by atoms with E-state index in [1.807, 2.05) is 72.2 Å². The maximum Gasteiger partial charge on any atom is 0.262 e. The van der Waals surface area contributed by atoms with E-state index in [0.29, 0.717) is 29.4 Å². The number of amides is 1. The first-order valence-corrected chi connectivity index (χ1v) is 10.6. The minimum atomic E-state index is -0.223. The number of aryl methyl sites for hydroxylation is 1. The van der Waals surface area contributed by atoms with Crippen molar-refractivity contribution in [3.05, 3.63) is 72.6 Å². The summed E-state index contributed by atoms with van der Waals surface area (Å²) in [6, 6.07) is 17.0. The number of benzene rings is 2. The average molecular weight is 431 g/mol. The lowest BCUT2D eigenvalue weighted by Crippen LogP contribution is -2.21. The van der Waals surface area contributed by atoms with Crippen LogP contribution >= 0.6 is 0 Å². The number of nitrogen functional groups attached to an aromatic ring is 1. The lowest BCUT2D eigenvalue weighted by molar-refractivity contribution is -0.118. The second-order valence-corrected chi connectivity index (χ2v) is 7.26. The molecule has 0 bridgehead atoms. The standard InChI is InChI=1S/C25H26N4O3/c1-3-17-8-5-6-9-20(17)27-24(30)16-32-23-10-7-13-29-15-21(28-25(23)29)18-11-12-22(31-4-2)19(26)14-18/h5-15H,3-4,16,26H2,1-2H3,(H,27,30). The molecule has 0 fully saturated rings. The summed E-state index contributed by atoms with van der Waals surface area (Å²) in [4.78, 5) is 17.1. The van der Waals surface area contributed by atoms with Crippen molar-refractivity contribution in [3.8, 4) is 22.8 Å². The molecule has 0 aliphatic heterocycles. The van der Waals surface area contributed by atoms with Crippen LogP contribution < -0.4 is 20.5 Å². The highest BCUT2D eigenvalue weighted by Gasteiger charge is 2.13. The van der Waals surface area contributed by atoms with E-state index in [1.165, 1.54) is 0 Å². The molecule has 7 heteroatoms. The molecule has 0 radical (unpaired) electrons. The second-order valence-electron chi connectivity index (χ2n) is 7.26. The van der Waals surface area contributed by atoms with Crippen molar-refractivity contribution in [2.24, 2.45) is 0 Å². The van der Waals surface area contributed by atoms with Crippen LogP contribution in [-0.2, 0) is 11.2 Å². The highest BCUT2D eigenvalue weighted by Crippen LogP contribution is 2.30. The minimum Gasteiger partial charge on any atom is -0.492 e. The third-order valence-electron chi connectivity index (χ3n) is 5.08. The molecule has 3 N–H and O–H groups in total. The average Bonchev–Trinajstić information content (AvgIpc) is 3.24. The normalized spacial score (nSPS) is 10.8. The Hall–Kier alpha value is -4.00. The van der Waals surface area contributed by atoms with Crippen molar-refractivity contribution in [2.45, 2.75) is 20.3 Å². The van der Waals surface area contributed by atoms with Gasteiger partial charge in [-0.05, 0) is 55.3 Å². The monoisotopic (exact) mass is 430 g/mol. The number of hydrogen-bond acceptors (Lipinski definition) is 5. The molecule has 4 aromatic rings. The molecule has 0 aliphatic rings. The van der Waals surface area contributed by atoms with Crippen molar-refractivity contribution >= 4 is 22.9 Å². The summed E-state index contributed by atoms with van der Waals surface area (Å²) < 4.78 is 13.2. The van der Waals surface area contributed by atoms with Crippen LogP contribution in [0.15, 0.2) is 67.0 Å². The van der Waals surface area contributed by atoms with Gasteiger partial charge in [0.2, 0.25) is 0 Å². The SMILES string of the molecule is CCOc1ccc(-c2cn3cccc(OCC(=O)Nc4ccccc4CC)c3n2)cc1N. The van der Waals surface area contributed by atoms with Crippen LogP contribution in [0.2, 0.25) is 0 Å². The third-order valence-corrected chi connectivity index (χ3v) is 5.08. The van der Waals surface area contributed by atoms with Gasteiger partial charge >= 0.3 is 0 Å². The van der Waals surface area contributed by atoms with Gasteiger partial charge in [-0.15, -0.1) is 0 Å². The topological polar surface area (TPSA) is 90.9 Å². The van der Waals surface area contributed by atoms with Crippen LogP contribution in [0.3, 0.4) is 0 Å². The molecule has 164 valence electrons. The Morgan fingerprint density at radius 3 is 2.69 bits per heavy atom. The first-order chi connectivity index (χ1) is 15.6. The fourth-order valence-electron chi connectivity index (χ4n) is 3.51. The summed E-state index contributed by atoms with van der Waals surface area (Å²) in [6.07, 6.45) is 4.62. The number of ether oxygens (including phenoxy) is 2. The molecule has 1 amide bonds. The van der Waals surface area contributed by atoms with Crippen LogP contribution in [0.1, 0.15) is 19.4 Å². The predicted molar refractivity (Wildman–Crippen MR) is 126 cm³/mol. The molecular weight excluding hydrogens is 404 g/mol. The number of carbonyl (C=O) groups excluding carboxylic acids is 1. The number of para-hydroxylation sites is 1. The summed E-state index contributed by atoms with van der Waals surface area (Å²) in [7, 11) is 0. The van der Waals surface area contributed by atoms with E-state index in [0.717, 1.165) is 28.9 Å². The number of anilines is 2. The molecule has 7 nitrogen and oxygen atoms in total. The molecule has 2 heterocycles. The first kappa shape index (κ1) is 21.2. The molecular formula is C25H26N4O3. The summed E-state index contributed by atoms with van der Waals surface area (Å²) >= 11 is 0. The maximum atomic E-state index is 12.5. The molecule has 4 rings (SSSR count). The molecule has 0 saturated carbocycles. The number of nitrogens with two attached hydrogens (primary N) is 1. The molecule has 0 aliphatic carbocycles. The quantitative estimate of drug-likeness (QED) is 0.400. The van der Waals surface area contributed by atoms with Crippen molar-refractivity contribution in [1.29, 1.82) is 0 Å². The zero-order valence-corrected chi connectivity index (χ0v) is 18.2. The zero-order chi connectivity index (χ0) is 22.5. The predicted octanol–water partition coefficient (Wildman–Crippen LogP) is 4.56. The number of fused-ring (bicyclic) bond motifs is 1. The van der Waals surface area contributed by atoms with E-state index in [2.05, 4.69) is 12.2 Å². The largest absolute Gasteiger partial charge is 0.492 e. The van der Waals surface area contributed by atoms with E-state index in [4.69, 9.17) is 20.2 Å². The number of pyridine rings is 1. The van der Waals surface area contributed by atoms with Gasteiger partial charge in [-0.2, -0.15) is 0 Å². The van der Waals surface area contributed by atoms with Crippen LogP contribution in [0.25, 0.3) is 16.9 Å². The van der Waals surface area contributed by atoms with Crippen molar-refractivity contribution in [2.75, 3.05) is 24.3 Å². The zero-order valence-electron chi connectivity index (χ0n) is 18.2. The number of nitrogens with zero attached hydrogens (tertiary/aromatic N) is 2. The smallest absolute Gasteiger partial charge is 0.262 e. The third kappa shape index (κ3) is 4.51. The number of nitrogens with one attached hydrogen (secondary N) is 1. The Bertz CT molecular complexity index is 1250. The molecule has 0 saturated heterocycles. The summed E-state index contributed by atoms with van der Waals surface area (Å²) in [6.45, 7) is 4.40. The van der Waals surface area contributed by atoms with Gasteiger partial charge in [0.1, 0.15) is 5.75 Å². The van der Waals surface area contributed by atoms with E-state index in [1.54, 1.807) is 6.07 Å². The van der Waals surface area contributed by atoms with Gasteiger partial charge in [-0.3, -0.25) is 4.79 Å². The number of aromatic nitrogens is 2. The summed E-state index contributed by atoms with van der Waals surface area (Å²) in [5, 5.41) is 2.92. The molecule has 2 aromatic heterocycles. The number of carbonyl (C=O) groups is 1. The molecule has 2 aromatic carbocycles. The fraction of sp³-hybridized carbons (Fsp3) is 0.200. The van der Waals surface area contributed by atoms with Gasteiger partial charge in [0, 0.05) is 23.6 Å². The van der Waals surface area contributed by atoms with Gasteiger partial charge in [0.25, 0.3) is 5.91 Å². The van der Waals surface area contributed by atoms with Crippen LogP contribution in [0.4, 0.5) is 11.4 Å². The lowest BCUT2D eigenvalue weighted by atomic mass is 10.1. The summed E-state index contributed by atoms with van der Waals surface area (Å²) in [5.74, 6) is 0.954. The van der Waals surface area contributed by atoms with E-state index >= 15 is 0 Å². The van der Waals surface area contributed by atoms with Crippen LogP contribution in [0.5, 0.6) is 11.5 Å². The van der Waals surface area contributed by atoms with Crippen molar-refractivity contribution in [1.82, 2.24) is 9.38 Å². The van der Waals surface area contributed by atoms with E-state index in [9.17, 15) is 4.79 Å². The second kappa shape index (κ2) is 9.43. The Morgan fingerprint density at radius 2 is 1.91 bits per heavy atom. The first-order valence-electron chi connectivity index (χ1n) is 10.6. The molecule has 0 unspecified atom stereocenters. The van der Waals surface area contributed by atoms with Gasteiger partial charge in [0.05, 0.1) is 18.0 Å². The van der Waals surface area contributed by atoms with Gasteiger partial charge in [0.15, 0.2) is 18.0 Å². The minimum absolute atomic E-state index is 0.115. The fourth-order valence-corrected chi connectivity index (χ4v) is 3.51. The Labute approximate surface area is 186 Å². The Kier molecular flexibility index (Phi) is 6.26. The highest BCUT2D eigenvalue weighted by molar-refractivity contribution is 5.92. The lowest BCUT2D eigenvalue weighted by Gasteiger charge is -2.11. The van der Waals surface area contributed by atoms with Gasteiger partial charge in [-0.25, -0.2) is 4.98 Å². The van der Waals surface area contributed by atoms with Crippen molar-refractivity contribution < 1.29 is 14.3 Å². The van der Waals surface area contributed by atoms with Gasteiger partial charge in [-0.1, -0.05) is 25.1 Å².